The molecular weight excluding hydrogens is 202 g/mol. The van der Waals surface area contributed by atoms with Crippen LogP contribution in [0.3, 0.4) is 0 Å². The molecule has 1 N–H and O–H groups in total. The first-order chi connectivity index (χ1) is 6.63. The van der Waals surface area contributed by atoms with Crippen LogP contribution in [0.15, 0.2) is 5.03 Å². The maximum absolute atomic E-state index is 11.7. The Bertz CT molecular complexity index is 424. The molecule has 0 fully saturated rings. The van der Waals surface area contributed by atoms with E-state index >= 15 is 0 Å². The minimum atomic E-state index is -1.25. The van der Waals surface area contributed by atoms with Gasteiger partial charge in [-0.25, -0.2) is 0 Å². The van der Waals surface area contributed by atoms with Crippen LogP contribution in [-0.4, -0.2) is 25.6 Å². The minimum Gasteiger partial charge on any atom is -0.321 e. The Morgan fingerprint density at radius 2 is 2.36 bits per heavy atom. The zero-order valence-electron chi connectivity index (χ0n) is 8.03. The van der Waals surface area contributed by atoms with E-state index in [0.717, 1.165) is 5.69 Å². The summed E-state index contributed by atoms with van der Waals surface area (Å²) in [4.78, 5) is 11.1. The molecule has 1 atom stereocenters. The molecule has 1 aliphatic heterocycles. The number of fused-ring (bicyclic) bond motifs is 1. The number of anilines is 1. The lowest BCUT2D eigenvalue weighted by Crippen LogP contribution is -2.26. The number of nitrogens with one attached hydrogen (secondary N) is 1. The normalized spacial score (nSPS) is 20.4. The van der Waals surface area contributed by atoms with Gasteiger partial charge in [0.15, 0.2) is 0 Å². The van der Waals surface area contributed by atoms with Gasteiger partial charge in [-0.15, -0.1) is 0 Å². The molecule has 5 nitrogen and oxygen atoms in total. The summed E-state index contributed by atoms with van der Waals surface area (Å²) in [7, 11) is -1.25. The van der Waals surface area contributed by atoms with Crippen LogP contribution in [-0.2, 0) is 22.1 Å². The number of carbonyl (C=O) groups is 1. The van der Waals surface area contributed by atoms with Crippen LogP contribution in [0.4, 0.5) is 5.69 Å². The molecule has 0 spiro atoms. The van der Waals surface area contributed by atoms with Gasteiger partial charge in [0.05, 0.1) is 22.2 Å². The molecule has 1 aromatic heterocycles. The number of hydrogen-bond donors (Lipinski definition) is 1. The van der Waals surface area contributed by atoms with Crippen molar-refractivity contribution in [2.45, 2.75) is 25.4 Å². The van der Waals surface area contributed by atoms with Crippen molar-refractivity contribution in [2.24, 2.45) is 0 Å². The van der Waals surface area contributed by atoms with Crippen molar-refractivity contribution in [3.05, 3.63) is 5.69 Å². The van der Waals surface area contributed by atoms with Gasteiger partial charge in [-0.2, -0.15) is 5.10 Å². The van der Waals surface area contributed by atoms with E-state index < -0.39 is 10.8 Å². The Kier molecular flexibility index (Phi) is 2.14. The van der Waals surface area contributed by atoms with E-state index in [4.69, 9.17) is 0 Å². The zero-order chi connectivity index (χ0) is 10.3. The molecule has 14 heavy (non-hydrogen) atoms. The van der Waals surface area contributed by atoms with E-state index in [1.807, 2.05) is 6.92 Å². The van der Waals surface area contributed by atoms with Gasteiger partial charge < -0.3 is 5.32 Å². The average molecular weight is 213 g/mol. The summed E-state index contributed by atoms with van der Waals surface area (Å²) in [6.07, 6.45) is 0. The topological polar surface area (TPSA) is 64.0 Å². The minimum absolute atomic E-state index is 0.0398. The van der Waals surface area contributed by atoms with Crippen molar-refractivity contribution < 1.29 is 9.00 Å². The second-order valence-electron chi connectivity index (χ2n) is 3.12. The van der Waals surface area contributed by atoms with Gasteiger partial charge in [0.2, 0.25) is 5.91 Å². The van der Waals surface area contributed by atoms with Crippen LogP contribution in [0.25, 0.3) is 0 Å². The first kappa shape index (κ1) is 9.39. The van der Waals surface area contributed by atoms with Crippen molar-refractivity contribution in [1.82, 2.24) is 9.78 Å². The Hall–Kier alpha value is -1.17. The third-order valence-corrected chi connectivity index (χ3v) is 3.49. The molecule has 2 heterocycles. The Morgan fingerprint density at radius 3 is 3.00 bits per heavy atom. The average Bonchev–Trinajstić information content (AvgIpc) is 2.43. The molecule has 6 heteroatoms. The zero-order valence-corrected chi connectivity index (χ0v) is 8.85. The molecule has 0 radical (unpaired) electrons. The highest BCUT2D eigenvalue weighted by atomic mass is 32.2. The van der Waals surface area contributed by atoms with Crippen LogP contribution >= 0.6 is 0 Å². The maximum atomic E-state index is 11.7. The first-order valence-electron chi connectivity index (χ1n) is 4.39. The quantitative estimate of drug-likeness (QED) is 0.728. The van der Waals surface area contributed by atoms with Gasteiger partial charge in [0, 0.05) is 6.54 Å². The van der Waals surface area contributed by atoms with Gasteiger partial charge in [-0.1, -0.05) is 0 Å². The van der Waals surface area contributed by atoms with Crippen molar-refractivity contribution >= 4 is 22.4 Å². The molecule has 0 aromatic carbocycles. The maximum Gasteiger partial charge on any atom is 0.237 e. The Balaban J connectivity index is 2.60. The predicted octanol–water partition coefficient (Wildman–Crippen LogP) is 0.271. The first-order valence-corrected chi connectivity index (χ1v) is 5.71. The second-order valence-corrected chi connectivity index (χ2v) is 4.49. The van der Waals surface area contributed by atoms with Crippen LogP contribution in [0.5, 0.6) is 0 Å². The van der Waals surface area contributed by atoms with E-state index in [9.17, 15) is 9.00 Å². The van der Waals surface area contributed by atoms with E-state index in [2.05, 4.69) is 10.4 Å². The van der Waals surface area contributed by atoms with Gasteiger partial charge in [0.1, 0.15) is 10.8 Å². The number of rotatable bonds is 1. The highest BCUT2D eigenvalue weighted by Gasteiger charge is 2.27. The molecular formula is C8H11N3O2S. The van der Waals surface area contributed by atoms with E-state index in [0.29, 0.717) is 17.3 Å². The lowest BCUT2D eigenvalue weighted by atomic mass is 10.4. The third-order valence-electron chi connectivity index (χ3n) is 2.12. The lowest BCUT2D eigenvalue weighted by molar-refractivity contribution is -0.114. The number of carbonyl (C=O) groups excluding carboxylic acids is 1. The molecule has 0 aliphatic carbocycles. The fourth-order valence-corrected chi connectivity index (χ4v) is 2.79. The van der Waals surface area contributed by atoms with E-state index in [-0.39, 0.29) is 11.7 Å². The van der Waals surface area contributed by atoms with Crippen molar-refractivity contribution in [3.63, 3.8) is 0 Å². The van der Waals surface area contributed by atoms with Crippen LogP contribution in [0.2, 0.25) is 0 Å². The fourth-order valence-electron chi connectivity index (χ4n) is 1.51. The summed E-state index contributed by atoms with van der Waals surface area (Å²) in [5, 5.41) is 7.55. The number of aryl methyl sites for hydroxylation is 2. The highest BCUT2D eigenvalue weighted by Crippen LogP contribution is 2.27. The summed E-state index contributed by atoms with van der Waals surface area (Å²) in [5.74, 6) is -0.160. The van der Waals surface area contributed by atoms with Gasteiger partial charge in [0.25, 0.3) is 0 Å². The number of amides is 1. The van der Waals surface area contributed by atoms with Gasteiger partial charge >= 0.3 is 0 Å². The molecule has 76 valence electrons. The Morgan fingerprint density at radius 1 is 1.64 bits per heavy atom. The summed E-state index contributed by atoms with van der Waals surface area (Å²) in [5.41, 5.74) is 1.35. The number of nitrogens with zero attached hydrogens (tertiary/aromatic N) is 2. The fraction of sp³-hybridized carbons (Fsp3) is 0.500. The molecule has 0 bridgehead atoms. The van der Waals surface area contributed by atoms with E-state index in [1.54, 1.807) is 11.6 Å². The van der Waals surface area contributed by atoms with Crippen molar-refractivity contribution in [2.75, 3.05) is 11.1 Å². The third kappa shape index (κ3) is 1.26. The van der Waals surface area contributed by atoms with Crippen LogP contribution < -0.4 is 5.32 Å². The SMILES string of the molecule is CCn1nc(C)c2c1S(=O)CC(=O)N2. The molecule has 1 unspecified atom stereocenters. The van der Waals surface area contributed by atoms with E-state index in [1.165, 1.54) is 0 Å². The Labute approximate surface area is 83.9 Å². The smallest absolute Gasteiger partial charge is 0.237 e. The van der Waals surface area contributed by atoms with Gasteiger partial charge in [-0.3, -0.25) is 13.7 Å². The monoisotopic (exact) mass is 213 g/mol. The standard InChI is InChI=1S/C8H11N3O2S/c1-3-11-8-7(5(2)10-11)9-6(12)4-14(8)13/h3-4H2,1-2H3,(H,9,12). The molecule has 0 saturated carbocycles. The number of aromatic nitrogens is 2. The van der Waals surface area contributed by atoms with Crippen molar-refractivity contribution in [1.29, 1.82) is 0 Å². The molecule has 1 aliphatic rings. The summed E-state index contributed by atoms with van der Waals surface area (Å²) in [6, 6.07) is 0. The number of hydrogen-bond acceptors (Lipinski definition) is 3. The van der Waals surface area contributed by atoms with Crippen LogP contribution in [0, 0.1) is 6.92 Å². The molecule has 1 amide bonds. The molecule has 0 saturated heterocycles. The summed E-state index contributed by atoms with van der Waals surface area (Å²) >= 11 is 0. The van der Waals surface area contributed by atoms with Crippen molar-refractivity contribution in [3.8, 4) is 0 Å². The molecule has 2 rings (SSSR count). The van der Waals surface area contributed by atoms with Gasteiger partial charge in [-0.05, 0) is 13.8 Å². The summed E-state index contributed by atoms with van der Waals surface area (Å²) < 4.78 is 13.4. The lowest BCUT2D eigenvalue weighted by Gasteiger charge is -2.13. The second kappa shape index (κ2) is 3.20. The predicted molar refractivity (Wildman–Crippen MR) is 52.5 cm³/mol. The largest absolute Gasteiger partial charge is 0.321 e. The summed E-state index contributed by atoms with van der Waals surface area (Å²) in [6.45, 7) is 4.39. The highest BCUT2D eigenvalue weighted by molar-refractivity contribution is 7.86. The molecule has 1 aromatic rings. The van der Waals surface area contributed by atoms with Crippen LogP contribution in [0.1, 0.15) is 12.6 Å².